The van der Waals surface area contributed by atoms with Gasteiger partial charge >= 0.3 is 5.97 Å². The van der Waals surface area contributed by atoms with Crippen LogP contribution in [0.5, 0.6) is 11.5 Å². The van der Waals surface area contributed by atoms with Crippen molar-refractivity contribution in [2.24, 2.45) is 5.92 Å². The molecule has 2 aliphatic rings. The van der Waals surface area contributed by atoms with Crippen molar-refractivity contribution in [3.63, 3.8) is 0 Å². The molecule has 1 aromatic carbocycles. The fourth-order valence-electron chi connectivity index (χ4n) is 2.63. The SMILES string of the molecule is CC1(C)Oc2ccc(C3CC(C(=O)O)CN3)cc2O1. The van der Waals surface area contributed by atoms with Crippen molar-refractivity contribution in [3.8, 4) is 11.5 Å². The molecule has 2 heterocycles. The van der Waals surface area contributed by atoms with Crippen LogP contribution in [-0.2, 0) is 4.79 Å². The number of fused-ring (bicyclic) bond motifs is 1. The van der Waals surface area contributed by atoms with Crippen LogP contribution < -0.4 is 14.8 Å². The number of carboxylic acid groups (broad SMARTS) is 1. The maximum Gasteiger partial charge on any atom is 0.307 e. The van der Waals surface area contributed by atoms with Gasteiger partial charge < -0.3 is 19.9 Å². The molecule has 1 fully saturated rings. The quantitative estimate of drug-likeness (QED) is 0.853. The molecule has 0 bridgehead atoms. The first-order valence-corrected chi connectivity index (χ1v) is 6.43. The van der Waals surface area contributed by atoms with Crippen LogP contribution >= 0.6 is 0 Å². The zero-order valence-electron chi connectivity index (χ0n) is 11.0. The monoisotopic (exact) mass is 263 g/mol. The van der Waals surface area contributed by atoms with Crippen LogP contribution in [0, 0.1) is 5.92 Å². The van der Waals surface area contributed by atoms with Gasteiger partial charge in [-0.05, 0) is 24.1 Å². The molecule has 19 heavy (non-hydrogen) atoms. The third-order valence-corrected chi connectivity index (χ3v) is 3.56. The van der Waals surface area contributed by atoms with Gasteiger partial charge in [-0.2, -0.15) is 0 Å². The third-order valence-electron chi connectivity index (χ3n) is 3.56. The van der Waals surface area contributed by atoms with Gasteiger partial charge in [0.25, 0.3) is 0 Å². The van der Waals surface area contributed by atoms with Crippen molar-refractivity contribution in [2.45, 2.75) is 32.1 Å². The highest BCUT2D eigenvalue weighted by Gasteiger charge is 2.34. The molecule has 2 aliphatic heterocycles. The molecule has 2 atom stereocenters. The first kappa shape index (κ1) is 12.3. The number of nitrogens with one attached hydrogen (secondary N) is 1. The molecule has 0 aliphatic carbocycles. The van der Waals surface area contributed by atoms with E-state index in [0.717, 1.165) is 17.1 Å². The summed E-state index contributed by atoms with van der Waals surface area (Å²) < 4.78 is 11.3. The lowest BCUT2D eigenvalue weighted by atomic mass is 10.00. The Bertz CT molecular complexity index is 526. The standard InChI is InChI=1S/C14H17NO4/c1-14(2)18-11-4-3-8(6-12(11)19-14)10-5-9(7-15-10)13(16)17/h3-4,6,9-10,15H,5,7H2,1-2H3,(H,16,17). The van der Waals surface area contributed by atoms with E-state index in [9.17, 15) is 4.79 Å². The number of hydrogen-bond donors (Lipinski definition) is 2. The first-order valence-electron chi connectivity index (χ1n) is 6.43. The van der Waals surface area contributed by atoms with Crippen LogP contribution in [0.2, 0.25) is 0 Å². The van der Waals surface area contributed by atoms with Crippen LogP contribution in [-0.4, -0.2) is 23.4 Å². The topological polar surface area (TPSA) is 67.8 Å². The second-order valence-electron chi connectivity index (χ2n) is 5.54. The van der Waals surface area contributed by atoms with Crippen molar-refractivity contribution in [3.05, 3.63) is 23.8 Å². The van der Waals surface area contributed by atoms with E-state index in [0.29, 0.717) is 13.0 Å². The summed E-state index contributed by atoms with van der Waals surface area (Å²) in [7, 11) is 0. The Balaban J connectivity index is 1.80. The predicted octanol–water partition coefficient (Wildman–Crippen LogP) is 1.93. The molecule has 102 valence electrons. The Hall–Kier alpha value is -1.75. The summed E-state index contributed by atoms with van der Waals surface area (Å²) in [5, 5.41) is 12.3. The normalized spacial score (nSPS) is 27.5. The molecule has 0 amide bonds. The number of rotatable bonds is 2. The lowest BCUT2D eigenvalue weighted by Crippen LogP contribution is -2.29. The summed E-state index contributed by atoms with van der Waals surface area (Å²) in [5.41, 5.74) is 1.05. The highest BCUT2D eigenvalue weighted by atomic mass is 16.7. The van der Waals surface area contributed by atoms with Gasteiger partial charge in [0.2, 0.25) is 5.79 Å². The second-order valence-corrected chi connectivity index (χ2v) is 5.54. The molecule has 3 rings (SSSR count). The van der Waals surface area contributed by atoms with Crippen LogP contribution in [0.3, 0.4) is 0 Å². The Morgan fingerprint density at radius 1 is 1.37 bits per heavy atom. The predicted molar refractivity (Wildman–Crippen MR) is 68.3 cm³/mol. The minimum absolute atomic E-state index is 0.0683. The average Bonchev–Trinajstić information content (AvgIpc) is 2.89. The van der Waals surface area contributed by atoms with E-state index in [-0.39, 0.29) is 12.0 Å². The van der Waals surface area contributed by atoms with Crippen LogP contribution in [0.15, 0.2) is 18.2 Å². The van der Waals surface area contributed by atoms with Crippen molar-refractivity contribution >= 4 is 5.97 Å². The molecule has 1 aromatic rings. The third kappa shape index (κ3) is 2.26. The highest BCUT2D eigenvalue weighted by molar-refractivity contribution is 5.70. The molecule has 0 saturated carbocycles. The average molecular weight is 263 g/mol. The largest absolute Gasteiger partial charge is 0.481 e. The number of carboxylic acids is 1. The zero-order chi connectivity index (χ0) is 13.6. The smallest absolute Gasteiger partial charge is 0.307 e. The van der Waals surface area contributed by atoms with Gasteiger partial charge in [0.05, 0.1) is 5.92 Å². The maximum absolute atomic E-state index is 11.0. The van der Waals surface area contributed by atoms with E-state index >= 15 is 0 Å². The van der Waals surface area contributed by atoms with Gasteiger partial charge in [-0.15, -0.1) is 0 Å². The molecule has 0 spiro atoms. The van der Waals surface area contributed by atoms with Gasteiger partial charge in [0.15, 0.2) is 11.5 Å². The minimum atomic E-state index is -0.739. The van der Waals surface area contributed by atoms with Crippen LogP contribution in [0.25, 0.3) is 0 Å². The first-order chi connectivity index (χ1) is 8.94. The van der Waals surface area contributed by atoms with E-state index in [1.807, 2.05) is 32.0 Å². The molecular formula is C14H17NO4. The molecule has 5 nitrogen and oxygen atoms in total. The molecular weight excluding hydrogens is 246 g/mol. The molecule has 5 heteroatoms. The number of hydrogen-bond acceptors (Lipinski definition) is 4. The second kappa shape index (κ2) is 4.13. The molecule has 1 saturated heterocycles. The van der Waals surface area contributed by atoms with Crippen LogP contribution in [0.1, 0.15) is 31.9 Å². The Morgan fingerprint density at radius 3 is 2.79 bits per heavy atom. The van der Waals surface area contributed by atoms with E-state index in [2.05, 4.69) is 5.32 Å². The van der Waals surface area contributed by atoms with E-state index in [4.69, 9.17) is 14.6 Å². The van der Waals surface area contributed by atoms with Crippen molar-refractivity contribution in [1.29, 1.82) is 0 Å². The lowest BCUT2D eigenvalue weighted by Gasteiger charge is -2.16. The van der Waals surface area contributed by atoms with E-state index < -0.39 is 11.8 Å². The number of ether oxygens (including phenoxy) is 2. The summed E-state index contributed by atoms with van der Waals surface area (Å²) in [5.74, 6) is -0.221. The maximum atomic E-state index is 11.0. The van der Waals surface area contributed by atoms with E-state index in [1.54, 1.807) is 0 Å². The number of benzene rings is 1. The lowest BCUT2D eigenvalue weighted by molar-refractivity contribution is -0.141. The van der Waals surface area contributed by atoms with E-state index in [1.165, 1.54) is 0 Å². The molecule has 2 unspecified atom stereocenters. The number of carbonyl (C=O) groups is 1. The highest BCUT2D eigenvalue weighted by Crippen LogP contribution is 2.41. The molecule has 2 N–H and O–H groups in total. The van der Waals surface area contributed by atoms with Gasteiger partial charge in [0.1, 0.15) is 0 Å². The summed E-state index contributed by atoms with van der Waals surface area (Å²) >= 11 is 0. The summed E-state index contributed by atoms with van der Waals surface area (Å²) in [6.07, 6.45) is 0.609. The summed E-state index contributed by atoms with van der Waals surface area (Å²) in [6.45, 7) is 4.24. The number of aliphatic carboxylic acids is 1. The van der Waals surface area contributed by atoms with Gasteiger partial charge in [-0.1, -0.05) is 6.07 Å². The minimum Gasteiger partial charge on any atom is -0.481 e. The van der Waals surface area contributed by atoms with Crippen molar-refractivity contribution < 1.29 is 19.4 Å². The van der Waals surface area contributed by atoms with Crippen LogP contribution in [0.4, 0.5) is 0 Å². The Morgan fingerprint density at radius 2 is 2.11 bits per heavy atom. The van der Waals surface area contributed by atoms with Crippen molar-refractivity contribution in [2.75, 3.05) is 6.54 Å². The Labute approximate surface area is 111 Å². The van der Waals surface area contributed by atoms with Gasteiger partial charge in [-0.25, -0.2) is 0 Å². The van der Waals surface area contributed by atoms with Gasteiger partial charge in [0, 0.05) is 26.4 Å². The molecule has 0 radical (unpaired) electrons. The zero-order valence-corrected chi connectivity index (χ0v) is 11.0. The fraction of sp³-hybridized carbons (Fsp3) is 0.500. The van der Waals surface area contributed by atoms with Gasteiger partial charge in [-0.3, -0.25) is 4.79 Å². The summed E-state index contributed by atoms with van der Waals surface area (Å²) in [4.78, 5) is 11.0. The Kier molecular flexibility index (Phi) is 2.67. The fourth-order valence-corrected chi connectivity index (χ4v) is 2.63. The molecule has 0 aromatic heterocycles. The van der Waals surface area contributed by atoms with Crippen molar-refractivity contribution in [1.82, 2.24) is 5.32 Å². The summed E-state index contributed by atoms with van der Waals surface area (Å²) in [6, 6.07) is 5.85.